The topological polar surface area (TPSA) is 47.5 Å². The third kappa shape index (κ3) is 1.34. The highest BCUT2D eigenvalue weighted by Crippen LogP contribution is 2.23. The van der Waals surface area contributed by atoms with E-state index >= 15 is 0 Å². The van der Waals surface area contributed by atoms with Gasteiger partial charge in [-0.1, -0.05) is 12.1 Å². The van der Waals surface area contributed by atoms with Gasteiger partial charge >= 0.3 is 5.63 Å². The summed E-state index contributed by atoms with van der Waals surface area (Å²) in [6, 6.07) is 11.4. The van der Waals surface area contributed by atoms with Crippen molar-refractivity contribution in [2.75, 3.05) is 0 Å². The summed E-state index contributed by atoms with van der Waals surface area (Å²) in [5.74, 6) is 0. The van der Waals surface area contributed by atoms with Crippen molar-refractivity contribution in [3.63, 3.8) is 0 Å². The molecule has 0 saturated heterocycles. The van der Waals surface area contributed by atoms with Crippen LogP contribution in [0.3, 0.4) is 0 Å². The van der Waals surface area contributed by atoms with Crippen molar-refractivity contribution in [3.8, 4) is 0 Å². The fourth-order valence-corrected chi connectivity index (χ4v) is 2.43. The van der Waals surface area contributed by atoms with Gasteiger partial charge in [0.25, 0.3) is 0 Å². The Hall–Kier alpha value is -2.62. The van der Waals surface area contributed by atoms with E-state index in [-0.39, 0.29) is 5.63 Å². The van der Waals surface area contributed by atoms with Crippen LogP contribution in [0.5, 0.6) is 0 Å². The van der Waals surface area contributed by atoms with Crippen LogP contribution in [0.25, 0.3) is 27.6 Å². The molecule has 0 atom stereocenters. The first-order valence-electron chi connectivity index (χ1n) is 6.04. The summed E-state index contributed by atoms with van der Waals surface area (Å²) in [6.07, 6.45) is 1.85. The highest BCUT2D eigenvalue weighted by molar-refractivity contribution is 6.02. The summed E-state index contributed by atoms with van der Waals surface area (Å²) in [6.45, 7) is 2.00. The van der Waals surface area contributed by atoms with E-state index in [1.165, 1.54) is 0 Å². The molecule has 4 heteroatoms. The van der Waals surface area contributed by atoms with E-state index in [1.807, 2.05) is 43.5 Å². The van der Waals surface area contributed by atoms with Crippen LogP contribution in [-0.4, -0.2) is 9.38 Å². The van der Waals surface area contributed by atoms with Crippen molar-refractivity contribution in [1.82, 2.24) is 9.38 Å². The molecule has 4 rings (SSSR count). The number of rotatable bonds is 0. The lowest BCUT2D eigenvalue weighted by Crippen LogP contribution is -2.02. The number of para-hydroxylation sites is 1. The van der Waals surface area contributed by atoms with E-state index in [0.29, 0.717) is 16.6 Å². The number of pyridine rings is 1. The molecule has 0 fully saturated rings. The van der Waals surface area contributed by atoms with Crippen molar-refractivity contribution in [3.05, 3.63) is 58.6 Å². The second-order valence-corrected chi connectivity index (χ2v) is 4.63. The van der Waals surface area contributed by atoms with Crippen molar-refractivity contribution in [1.29, 1.82) is 0 Å². The standard InChI is InChI=1S/C15H10N2O2/c1-9-6-7-17-12(8-9)16-13-10-4-2-3-5-11(10)19-15(18)14(13)17/h2-8H,1H3. The molecule has 0 saturated carbocycles. The van der Waals surface area contributed by atoms with Crippen LogP contribution < -0.4 is 5.63 Å². The molecule has 0 amide bonds. The molecule has 4 nitrogen and oxygen atoms in total. The van der Waals surface area contributed by atoms with Crippen molar-refractivity contribution in [2.45, 2.75) is 6.92 Å². The lowest BCUT2D eigenvalue weighted by molar-refractivity contribution is 0.567. The minimum atomic E-state index is -0.356. The monoisotopic (exact) mass is 250 g/mol. The molecule has 0 spiro atoms. The summed E-state index contributed by atoms with van der Waals surface area (Å²) in [4.78, 5) is 16.7. The summed E-state index contributed by atoms with van der Waals surface area (Å²) >= 11 is 0. The Bertz CT molecular complexity index is 995. The van der Waals surface area contributed by atoms with Crippen molar-refractivity contribution in [2.24, 2.45) is 0 Å². The molecule has 3 heterocycles. The highest BCUT2D eigenvalue weighted by Gasteiger charge is 2.13. The fourth-order valence-electron chi connectivity index (χ4n) is 2.43. The molecule has 3 aromatic heterocycles. The minimum Gasteiger partial charge on any atom is -0.421 e. The van der Waals surface area contributed by atoms with Crippen LogP contribution in [0, 0.1) is 6.92 Å². The van der Waals surface area contributed by atoms with Gasteiger partial charge in [-0.05, 0) is 36.8 Å². The number of benzene rings is 1. The molecular formula is C15H10N2O2. The fraction of sp³-hybridized carbons (Fsp3) is 0.0667. The molecule has 0 N–H and O–H groups in total. The predicted octanol–water partition coefficient (Wildman–Crippen LogP) is 2.90. The Balaban J connectivity index is 2.37. The predicted molar refractivity (Wildman–Crippen MR) is 73.5 cm³/mol. The van der Waals surface area contributed by atoms with Crippen molar-refractivity contribution < 1.29 is 4.42 Å². The molecule has 0 aliphatic heterocycles. The molecule has 1 aromatic carbocycles. The van der Waals surface area contributed by atoms with Gasteiger partial charge in [-0.2, -0.15) is 0 Å². The molecule has 19 heavy (non-hydrogen) atoms. The van der Waals surface area contributed by atoms with Gasteiger partial charge in [-0.25, -0.2) is 9.78 Å². The van der Waals surface area contributed by atoms with Gasteiger partial charge in [0, 0.05) is 11.6 Å². The average molecular weight is 250 g/mol. The Labute approximate surface area is 107 Å². The quantitative estimate of drug-likeness (QED) is 0.451. The maximum atomic E-state index is 12.1. The van der Waals surface area contributed by atoms with Gasteiger partial charge in [0.2, 0.25) is 0 Å². The first-order chi connectivity index (χ1) is 9.24. The maximum Gasteiger partial charge on any atom is 0.363 e. The molecule has 4 aromatic rings. The number of nitrogens with zero attached hydrogens (tertiary/aromatic N) is 2. The third-order valence-electron chi connectivity index (χ3n) is 3.32. The Morgan fingerprint density at radius 1 is 1.21 bits per heavy atom. The zero-order chi connectivity index (χ0) is 13.0. The van der Waals surface area contributed by atoms with Gasteiger partial charge in [-0.3, -0.25) is 4.40 Å². The second kappa shape index (κ2) is 3.45. The van der Waals surface area contributed by atoms with E-state index in [0.717, 1.165) is 16.6 Å². The zero-order valence-electron chi connectivity index (χ0n) is 10.3. The number of aromatic nitrogens is 2. The lowest BCUT2D eigenvalue weighted by Gasteiger charge is -1.97. The molecule has 0 unspecified atom stereocenters. The van der Waals surface area contributed by atoms with E-state index in [4.69, 9.17) is 4.42 Å². The lowest BCUT2D eigenvalue weighted by atomic mass is 10.2. The van der Waals surface area contributed by atoms with Crippen molar-refractivity contribution >= 4 is 27.6 Å². The summed E-state index contributed by atoms with van der Waals surface area (Å²) in [5, 5.41) is 0.860. The van der Waals surface area contributed by atoms with E-state index in [1.54, 1.807) is 10.5 Å². The molecule has 0 aliphatic rings. The van der Waals surface area contributed by atoms with Crippen LogP contribution in [0.1, 0.15) is 5.56 Å². The largest absolute Gasteiger partial charge is 0.421 e. The van der Waals surface area contributed by atoms with E-state index in [9.17, 15) is 4.79 Å². The first kappa shape index (κ1) is 10.3. The van der Waals surface area contributed by atoms with Crippen LogP contribution in [0.2, 0.25) is 0 Å². The van der Waals surface area contributed by atoms with Crippen LogP contribution in [0.4, 0.5) is 0 Å². The van der Waals surface area contributed by atoms with Crippen LogP contribution in [-0.2, 0) is 0 Å². The molecule has 0 aliphatic carbocycles. The highest BCUT2D eigenvalue weighted by atomic mass is 16.4. The third-order valence-corrected chi connectivity index (χ3v) is 3.32. The van der Waals surface area contributed by atoms with Gasteiger partial charge < -0.3 is 4.42 Å². The summed E-state index contributed by atoms with van der Waals surface area (Å²) in [7, 11) is 0. The number of hydrogen-bond acceptors (Lipinski definition) is 3. The SMILES string of the molecule is Cc1ccn2c(c1)nc1c3ccccc3oc(=O)c12. The molecular weight excluding hydrogens is 240 g/mol. The summed E-state index contributed by atoms with van der Waals surface area (Å²) < 4.78 is 7.13. The maximum absolute atomic E-state index is 12.1. The number of aryl methyl sites for hydroxylation is 1. The minimum absolute atomic E-state index is 0.356. The van der Waals surface area contributed by atoms with Gasteiger partial charge in [0.05, 0.1) is 0 Å². The molecule has 0 radical (unpaired) electrons. The number of fused-ring (bicyclic) bond motifs is 5. The number of imidazole rings is 1. The Kier molecular flexibility index (Phi) is 1.87. The number of hydrogen-bond donors (Lipinski definition) is 0. The second-order valence-electron chi connectivity index (χ2n) is 4.63. The molecule has 0 bridgehead atoms. The first-order valence-corrected chi connectivity index (χ1v) is 6.04. The van der Waals surface area contributed by atoms with Crippen LogP contribution in [0.15, 0.2) is 51.8 Å². The molecule has 92 valence electrons. The van der Waals surface area contributed by atoms with Gasteiger partial charge in [0.1, 0.15) is 16.7 Å². The Morgan fingerprint density at radius 3 is 2.95 bits per heavy atom. The van der Waals surface area contributed by atoms with Crippen LogP contribution >= 0.6 is 0 Å². The normalized spacial score (nSPS) is 11.6. The summed E-state index contributed by atoms with van der Waals surface area (Å²) in [5.41, 5.74) is 3.27. The Morgan fingerprint density at radius 2 is 2.05 bits per heavy atom. The van der Waals surface area contributed by atoms with Gasteiger partial charge in [0.15, 0.2) is 5.52 Å². The average Bonchev–Trinajstić information content (AvgIpc) is 2.78. The van der Waals surface area contributed by atoms with E-state index in [2.05, 4.69) is 4.98 Å². The smallest absolute Gasteiger partial charge is 0.363 e. The zero-order valence-corrected chi connectivity index (χ0v) is 10.3. The van der Waals surface area contributed by atoms with E-state index < -0.39 is 0 Å². The van der Waals surface area contributed by atoms with Gasteiger partial charge in [-0.15, -0.1) is 0 Å².